The van der Waals surface area contributed by atoms with Gasteiger partial charge in [-0.05, 0) is 25.3 Å². The van der Waals surface area contributed by atoms with Gasteiger partial charge in [0, 0.05) is 18.7 Å². The monoisotopic (exact) mass is 351 g/mol. The predicted molar refractivity (Wildman–Crippen MR) is 84.8 cm³/mol. The van der Waals surface area contributed by atoms with Crippen molar-refractivity contribution in [2.24, 2.45) is 0 Å². The zero-order valence-corrected chi connectivity index (χ0v) is 14.4. The molecule has 0 radical (unpaired) electrons. The van der Waals surface area contributed by atoms with Gasteiger partial charge in [-0.15, -0.1) is 0 Å². The van der Waals surface area contributed by atoms with Gasteiger partial charge in [-0.2, -0.15) is 4.31 Å². The Morgan fingerprint density at radius 3 is 2.62 bits per heavy atom. The second kappa shape index (κ2) is 6.73. The summed E-state index contributed by atoms with van der Waals surface area (Å²) in [6.45, 7) is 2.53. The number of piperidine rings is 1. The highest BCUT2D eigenvalue weighted by atomic mass is 35.5. The molecule has 1 aromatic rings. The third kappa shape index (κ3) is 3.31. The predicted octanol–water partition coefficient (Wildman–Crippen LogP) is 3.96. The molecule has 0 aromatic heterocycles. The summed E-state index contributed by atoms with van der Waals surface area (Å²) in [5, 5.41) is 0.377. The molecule has 0 saturated carbocycles. The van der Waals surface area contributed by atoms with Crippen molar-refractivity contribution in [2.45, 2.75) is 43.5 Å². The molecule has 0 amide bonds. The third-order valence-electron chi connectivity index (χ3n) is 3.84. The molecule has 1 aromatic carbocycles. The molecule has 118 valence electrons. The van der Waals surface area contributed by atoms with Gasteiger partial charge >= 0.3 is 0 Å². The molecule has 0 unspecified atom stereocenters. The molecule has 1 fully saturated rings. The van der Waals surface area contributed by atoms with Crippen LogP contribution in [0.25, 0.3) is 0 Å². The second-order valence-electron chi connectivity index (χ2n) is 5.09. The molecule has 4 nitrogen and oxygen atoms in total. The maximum Gasteiger partial charge on any atom is 0.244 e. The minimum absolute atomic E-state index is 0.0284. The summed E-state index contributed by atoms with van der Waals surface area (Å²) in [4.78, 5) is 0.0512. The van der Waals surface area contributed by atoms with Crippen LogP contribution < -0.4 is 4.74 Å². The van der Waals surface area contributed by atoms with Gasteiger partial charge in [0.25, 0.3) is 0 Å². The fraction of sp³-hybridized carbons (Fsp3) is 0.571. The zero-order valence-electron chi connectivity index (χ0n) is 12.1. The quantitative estimate of drug-likeness (QED) is 0.824. The number of hydrogen-bond acceptors (Lipinski definition) is 3. The van der Waals surface area contributed by atoms with Crippen LogP contribution in [0.5, 0.6) is 5.75 Å². The van der Waals surface area contributed by atoms with E-state index in [1.807, 2.05) is 6.92 Å². The molecule has 0 bridgehead atoms. The van der Waals surface area contributed by atoms with E-state index in [1.165, 1.54) is 19.2 Å². The molecule has 1 atom stereocenters. The summed E-state index contributed by atoms with van der Waals surface area (Å²) in [6, 6.07) is 2.85. The van der Waals surface area contributed by atoms with E-state index >= 15 is 0 Å². The average Bonchev–Trinajstić information content (AvgIpc) is 2.48. The van der Waals surface area contributed by atoms with Gasteiger partial charge < -0.3 is 4.74 Å². The standard InChI is InChI=1S/C14H19Cl2NO3S/c1-3-10-6-4-5-7-17(10)21(18,19)14-9-11(15)13(20-2)8-12(14)16/h8-10H,3-7H2,1-2H3/t10-/m0/s1. The molecule has 1 heterocycles. The highest BCUT2D eigenvalue weighted by molar-refractivity contribution is 7.89. The van der Waals surface area contributed by atoms with E-state index in [-0.39, 0.29) is 21.0 Å². The molecule has 2 rings (SSSR count). The summed E-state index contributed by atoms with van der Waals surface area (Å²) < 4.78 is 32.4. The van der Waals surface area contributed by atoms with Gasteiger partial charge in [0.15, 0.2) is 0 Å². The van der Waals surface area contributed by atoms with Crippen LogP contribution in [0, 0.1) is 0 Å². The van der Waals surface area contributed by atoms with Crippen molar-refractivity contribution < 1.29 is 13.2 Å². The van der Waals surface area contributed by atoms with E-state index in [4.69, 9.17) is 27.9 Å². The molecule has 1 aliphatic heterocycles. The zero-order chi connectivity index (χ0) is 15.6. The Labute approximate surface area is 136 Å². The maximum absolute atomic E-state index is 12.9. The number of benzene rings is 1. The Morgan fingerprint density at radius 1 is 1.29 bits per heavy atom. The molecule has 7 heteroatoms. The van der Waals surface area contributed by atoms with E-state index in [1.54, 1.807) is 4.31 Å². The van der Waals surface area contributed by atoms with Crippen molar-refractivity contribution in [2.75, 3.05) is 13.7 Å². The lowest BCUT2D eigenvalue weighted by atomic mass is 10.0. The van der Waals surface area contributed by atoms with Crippen LogP contribution in [-0.4, -0.2) is 32.4 Å². The summed E-state index contributed by atoms with van der Waals surface area (Å²) in [6.07, 6.45) is 3.61. The highest BCUT2D eigenvalue weighted by Crippen LogP contribution is 2.36. The molecular weight excluding hydrogens is 333 g/mol. The molecule has 1 aliphatic rings. The van der Waals surface area contributed by atoms with E-state index in [0.717, 1.165) is 25.7 Å². The maximum atomic E-state index is 12.9. The van der Waals surface area contributed by atoms with Crippen LogP contribution in [0.3, 0.4) is 0 Å². The fourth-order valence-electron chi connectivity index (χ4n) is 2.69. The summed E-state index contributed by atoms with van der Waals surface area (Å²) in [7, 11) is -2.18. The van der Waals surface area contributed by atoms with E-state index < -0.39 is 10.0 Å². The second-order valence-corrected chi connectivity index (χ2v) is 7.76. The van der Waals surface area contributed by atoms with Gasteiger partial charge in [-0.25, -0.2) is 8.42 Å². The topological polar surface area (TPSA) is 46.6 Å². The van der Waals surface area contributed by atoms with Crippen molar-refractivity contribution in [3.8, 4) is 5.75 Å². The number of ether oxygens (including phenoxy) is 1. The Balaban J connectivity index is 2.46. The Kier molecular flexibility index (Phi) is 5.41. The van der Waals surface area contributed by atoms with Crippen molar-refractivity contribution in [3.63, 3.8) is 0 Å². The molecule has 21 heavy (non-hydrogen) atoms. The number of halogens is 2. The fourth-order valence-corrected chi connectivity index (χ4v) is 5.28. The SMILES string of the molecule is CC[C@H]1CCCCN1S(=O)(=O)c1cc(Cl)c(OC)cc1Cl. The first-order chi connectivity index (χ1) is 9.91. The van der Waals surface area contributed by atoms with Crippen LogP contribution in [0.4, 0.5) is 0 Å². The summed E-state index contributed by atoms with van der Waals surface area (Å²) in [5.74, 6) is 0.367. The summed E-state index contributed by atoms with van der Waals surface area (Å²) in [5.41, 5.74) is 0. The minimum atomic E-state index is -3.64. The lowest BCUT2D eigenvalue weighted by Crippen LogP contribution is -2.43. The van der Waals surface area contributed by atoms with E-state index in [0.29, 0.717) is 12.3 Å². The Morgan fingerprint density at radius 2 is 2.00 bits per heavy atom. The number of hydrogen-bond donors (Lipinski definition) is 0. The third-order valence-corrected chi connectivity index (χ3v) is 6.55. The number of methoxy groups -OCH3 is 1. The van der Waals surface area contributed by atoms with Crippen molar-refractivity contribution in [3.05, 3.63) is 22.2 Å². The number of sulfonamides is 1. The van der Waals surface area contributed by atoms with Crippen LogP contribution in [0.15, 0.2) is 17.0 Å². The van der Waals surface area contributed by atoms with Gasteiger partial charge in [-0.3, -0.25) is 0 Å². The lowest BCUT2D eigenvalue weighted by molar-refractivity contribution is 0.246. The van der Waals surface area contributed by atoms with Crippen molar-refractivity contribution in [1.29, 1.82) is 0 Å². The van der Waals surface area contributed by atoms with Crippen LogP contribution in [0.2, 0.25) is 10.0 Å². The Hall–Kier alpha value is -0.490. The normalized spacial score (nSPS) is 20.5. The largest absolute Gasteiger partial charge is 0.495 e. The van der Waals surface area contributed by atoms with E-state index in [9.17, 15) is 8.42 Å². The van der Waals surface area contributed by atoms with E-state index in [2.05, 4.69) is 0 Å². The van der Waals surface area contributed by atoms with Crippen LogP contribution in [0.1, 0.15) is 32.6 Å². The van der Waals surface area contributed by atoms with Gasteiger partial charge in [-0.1, -0.05) is 36.5 Å². The van der Waals surface area contributed by atoms with Gasteiger partial charge in [0.1, 0.15) is 10.6 Å². The molecule has 1 saturated heterocycles. The lowest BCUT2D eigenvalue weighted by Gasteiger charge is -2.34. The Bertz CT molecular complexity index is 619. The minimum Gasteiger partial charge on any atom is -0.495 e. The van der Waals surface area contributed by atoms with Crippen LogP contribution in [-0.2, 0) is 10.0 Å². The summed E-state index contributed by atoms with van der Waals surface area (Å²) >= 11 is 12.2. The van der Waals surface area contributed by atoms with Gasteiger partial charge in [0.05, 0.1) is 17.2 Å². The molecule has 0 spiro atoms. The number of nitrogens with zero attached hydrogens (tertiary/aromatic N) is 1. The van der Waals surface area contributed by atoms with Crippen molar-refractivity contribution in [1.82, 2.24) is 4.31 Å². The van der Waals surface area contributed by atoms with Crippen molar-refractivity contribution >= 4 is 33.2 Å². The first-order valence-electron chi connectivity index (χ1n) is 6.96. The highest BCUT2D eigenvalue weighted by Gasteiger charge is 2.34. The van der Waals surface area contributed by atoms with Gasteiger partial charge in [0.2, 0.25) is 10.0 Å². The smallest absolute Gasteiger partial charge is 0.244 e. The van der Waals surface area contributed by atoms with Crippen LogP contribution >= 0.6 is 23.2 Å². The molecule has 0 aliphatic carbocycles. The number of rotatable bonds is 4. The average molecular weight is 352 g/mol. The molecular formula is C14H19Cl2NO3S. The molecule has 0 N–H and O–H groups in total. The first-order valence-corrected chi connectivity index (χ1v) is 9.16. The first kappa shape index (κ1) is 16.9.